The first-order valence-corrected chi connectivity index (χ1v) is 10.1. The van der Waals surface area contributed by atoms with Gasteiger partial charge in [-0.1, -0.05) is 6.07 Å². The number of nitrogens with zero attached hydrogens (tertiary/aromatic N) is 2. The molecule has 1 amide bonds. The van der Waals surface area contributed by atoms with E-state index in [1.165, 1.54) is 0 Å². The van der Waals surface area contributed by atoms with Crippen molar-refractivity contribution >= 4 is 23.1 Å². The molecule has 0 saturated carbocycles. The van der Waals surface area contributed by atoms with E-state index in [0.717, 1.165) is 17.1 Å². The third-order valence-electron chi connectivity index (χ3n) is 4.61. The lowest BCUT2D eigenvalue weighted by Gasteiger charge is -2.12. The van der Waals surface area contributed by atoms with E-state index >= 15 is 0 Å². The van der Waals surface area contributed by atoms with Crippen LogP contribution in [-0.4, -0.2) is 28.1 Å². The van der Waals surface area contributed by atoms with Crippen molar-refractivity contribution in [3.05, 3.63) is 83.8 Å². The number of nitrogens with two attached hydrogens (primary N) is 1. The maximum absolute atomic E-state index is 12.7. The van der Waals surface area contributed by atoms with E-state index in [4.69, 9.17) is 15.9 Å². The zero-order valence-corrected chi connectivity index (χ0v) is 18.1. The highest BCUT2D eigenvalue weighted by Gasteiger charge is 2.14. The van der Waals surface area contributed by atoms with E-state index in [-0.39, 0.29) is 11.8 Å². The number of ether oxygens (including phenoxy) is 1. The molecule has 1 aromatic carbocycles. The molecule has 0 bridgehead atoms. The first-order chi connectivity index (χ1) is 15.4. The van der Waals surface area contributed by atoms with Crippen molar-refractivity contribution in [3.8, 4) is 11.6 Å². The molecule has 0 atom stereocenters. The molecule has 3 aromatic rings. The van der Waals surface area contributed by atoms with Crippen LogP contribution in [0.5, 0.6) is 11.6 Å². The molecular weight excluding hydrogens is 404 g/mol. The van der Waals surface area contributed by atoms with Crippen LogP contribution >= 0.6 is 0 Å². The fraction of sp³-hybridized carbons (Fsp3) is 0.167. The largest absolute Gasteiger partial charge is 0.438 e. The average molecular weight is 431 g/mol. The smallest absolute Gasteiger partial charge is 0.256 e. The molecule has 2 heterocycles. The second kappa shape index (κ2) is 10.7. The molecule has 8 heteroatoms. The van der Waals surface area contributed by atoms with E-state index in [2.05, 4.69) is 20.6 Å². The summed E-state index contributed by atoms with van der Waals surface area (Å²) in [6.45, 7) is 3.78. The molecule has 0 unspecified atom stereocenters. The fourth-order valence-electron chi connectivity index (χ4n) is 3.02. The molecule has 0 radical (unpaired) electrons. The van der Waals surface area contributed by atoms with Crippen LogP contribution in [0.4, 0.5) is 11.5 Å². The van der Waals surface area contributed by atoms with Crippen LogP contribution in [0.3, 0.4) is 0 Å². The van der Waals surface area contributed by atoms with Crippen molar-refractivity contribution in [1.29, 1.82) is 5.41 Å². The average Bonchev–Trinajstić information content (AvgIpc) is 2.78. The SMILES string of the molecule is CC(=N)/C(CCNC(=O)c1cccnc1Oc1ccc(Nc2ccccn2)cc1)=C(/C)N. The lowest BCUT2D eigenvalue weighted by atomic mass is 10.1. The highest BCUT2D eigenvalue weighted by Crippen LogP contribution is 2.25. The Hall–Kier alpha value is -4.20. The van der Waals surface area contributed by atoms with Gasteiger partial charge in [-0.25, -0.2) is 9.97 Å². The molecular formula is C24H26N6O2. The molecule has 0 fully saturated rings. The lowest BCUT2D eigenvalue weighted by Crippen LogP contribution is -2.26. The summed E-state index contributed by atoms with van der Waals surface area (Å²) in [6.07, 6.45) is 3.76. The number of hydrogen-bond acceptors (Lipinski definition) is 7. The molecule has 0 aliphatic rings. The minimum Gasteiger partial charge on any atom is -0.438 e. The number of aromatic nitrogens is 2. The van der Waals surface area contributed by atoms with Gasteiger partial charge in [0.05, 0.1) is 0 Å². The standard InChI is InChI=1S/C24H26N6O2/c1-16(25)20(17(2)26)12-15-28-23(31)21-6-5-14-29-24(21)32-19-10-8-18(9-11-19)30-22-7-3-4-13-27-22/h3-11,13-14,25H,12,15,26H2,1-2H3,(H,27,30)(H,28,31)/b20-17-,25-16?. The molecule has 8 nitrogen and oxygen atoms in total. The normalized spacial score (nSPS) is 11.3. The number of nitrogens with one attached hydrogen (secondary N) is 3. The van der Waals surface area contributed by atoms with E-state index in [1.54, 1.807) is 50.5 Å². The zero-order valence-electron chi connectivity index (χ0n) is 18.1. The Balaban J connectivity index is 1.64. The van der Waals surface area contributed by atoms with E-state index in [1.807, 2.05) is 30.3 Å². The van der Waals surface area contributed by atoms with Crippen molar-refractivity contribution in [3.63, 3.8) is 0 Å². The summed E-state index contributed by atoms with van der Waals surface area (Å²) in [6, 6.07) is 16.3. The molecule has 0 aliphatic heterocycles. The molecule has 164 valence electrons. The number of hydrogen-bond donors (Lipinski definition) is 4. The van der Waals surface area contributed by atoms with Gasteiger partial charge in [0, 0.05) is 36.0 Å². The third-order valence-corrected chi connectivity index (χ3v) is 4.61. The summed E-state index contributed by atoms with van der Waals surface area (Å²) < 4.78 is 5.86. The molecule has 2 aromatic heterocycles. The van der Waals surface area contributed by atoms with Gasteiger partial charge in [0.2, 0.25) is 5.88 Å². The van der Waals surface area contributed by atoms with Crippen LogP contribution in [0, 0.1) is 5.41 Å². The van der Waals surface area contributed by atoms with Crippen molar-refractivity contribution in [2.45, 2.75) is 20.3 Å². The number of amides is 1. The number of rotatable bonds is 9. The lowest BCUT2D eigenvalue weighted by molar-refractivity contribution is 0.0951. The topological polar surface area (TPSA) is 126 Å². The van der Waals surface area contributed by atoms with Crippen LogP contribution in [0.2, 0.25) is 0 Å². The van der Waals surface area contributed by atoms with Crippen molar-refractivity contribution in [2.24, 2.45) is 5.73 Å². The number of allylic oxidation sites excluding steroid dienone is 1. The molecule has 0 aliphatic carbocycles. The molecule has 3 rings (SSSR count). The van der Waals surface area contributed by atoms with Gasteiger partial charge in [-0.15, -0.1) is 0 Å². The Labute approximate surface area is 187 Å². The zero-order chi connectivity index (χ0) is 22.9. The summed E-state index contributed by atoms with van der Waals surface area (Å²) in [4.78, 5) is 21.1. The number of carbonyl (C=O) groups is 1. The Kier molecular flexibility index (Phi) is 7.53. The number of pyridine rings is 2. The summed E-state index contributed by atoms with van der Waals surface area (Å²) in [5, 5.41) is 13.8. The van der Waals surface area contributed by atoms with E-state index < -0.39 is 0 Å². The van der Waals surface area contributed by atoms with Crippen LogP contribution < -0.4 is 21.1 Å². The van der Waals surface area contributed by atoms with Gasteiger partial charge in [0.25, 0.3) is 5.91 Å². The summed E-state index contributed by atoms with van der Waals surface area (Å²) >= 11 is 0. The quantitative estimate of drug-likeness (QED) is 0.373. The molecule has 32 heavy (non-hydrogen) atoms. The van der Waals surface area contributed by atoms with Gasteiger partial charge in [-0.05, 0) is 74.4 Å². The summed E-state index contributed by atoms with van der Waals surface area (Å²) in [5.41, 5.74) is 8.70. The van der Waals surface area contributed by atoms with Gasteiger partial charge in [0.1, 0.15) is 17.1 Å². The predicted octanol–water partition coefficient (Wildman–Crippen LogP) is 4.40. The molecule has 0 saturated heterocycles. The maximum Gasteiger partial charge on any atom is 0.256 e. The number of anilines is 2. The van der Waals surface area contributed by atoms with Gasteiger partial charge in [0.15, 0.2) is 0 Å². The molecule has 0 spiro atoms. The second-order valence-corrected chi connectivity index (χ2v) is 7.11. The highest BCUT2D eigenvalue weighted by atomic mass is 16.5. The van der Waals surface area contributed by atoms with Crippen LogP contribution in [0.25, 0.3) is 0 Å². The summed E-state index contributed by atoms with van der Waals surface area (Å²) in [5.74, 6) is 1.20. The van der Waals surface area contributed by atoms with Gasteiger partial charge < -0.3 is 26.5 Å². The molecule has 5 N–H and O–H groups in total. The maximum atomic E-state index is 12.7. The Morgan fingerprint density at radius 2 is 1.78 bits per heavy atom. The van der Waals surface area contributed by atoms with E-state index in [9.17, 15) is 4.79 Å². The van der Waals surface area contributed by atoms with Crippen molar-refractivity contribution in [1.82, 2.24) is 15.3 Å². The number of carbonyl (C=O) groups excluding carboxylic acids is 1. The highest BCUT2D eigenvalue weighted by molar-refractivity contribution is 5.97. The Bertz CT molecular complexity index is 1110. The number of benzene rings is 1. The first kappa shape index (κ1) is 22.5. The van der Waals surface area contributed by atoms with E-state index in [0.29, 0.717) is 35.7 Å². The van der Waals surface area contributed by atoms with Gasteiger partial charge >= 0.3 is 0 Å². The van der Waals surface area contributed by atoms with Crippen LogP contribution in [-0.2, 0) is 0 Å². The van der Waals surface area contributed by atoms with Gasteiger partial charge in [-0.2, -0.15) is 0 Å². The second-order valence-electron chi connectivity index (χ2n) is 7.11. The minimum absolute atomic E-state index is 0.212. The third kappa shape index (κ3) is 6.15. The predicted molar refractivity (Wildman–Crippen MR) is 126 cm³/mol. The van der Waals surface area contributed by atoms with Crippen LogP contribution in [0.15, 0.2) is 78.3 Å². The van der Waals surface area contributed by atoms with Gasteiger partial charge in [-0.3, -0.25) is 4.79 Å². The van der Waals surface area contributed by atoms with Crippen molar-refractivity contribution < 1.29 is 9.53 Å². The monoisotopic (exact) mass is 430 g/mol. The summed E-state index contributed by atoms with van der Waals surface area (Å²) in [7, 11) is 0. The Morgan fingerprint density at radius 1 is 1.03 bits per heavy atom. The fourth-order valence-corrected chi connectivity index (χ4v) is 3.02. The van der Waals surface area contributed by atoms with Crippen LogP contribution in [0.1, 0.15) is 30.6 Å². The Morgan fingerprint density at radius 3 is 2.44 bits per heavy atom. The van der Waals surface area contributed by atoms with Crippen molar-refractivity contribution in [2.75, 3.05) is 11.9 Å². The minimum atomic E-state index is -0.307. The first-order valence-electron chi connectivity index (χ1n) is 10.1.